The minimum absolute atomic E-state index is 0.0402. The van der Waals surface area contributed by atoms with Gasteiger partial charge in [-0.25, -0.2) is 0 Å². The van der Waals surface area contributed by atoms with E-state index in [0.717, 1.165) is 12.8 Å². The fourth-order valence-electron chi connectivity index (χ4n) is 5.79. The molecule has 0 heterocycles. The van der Waals surface area contributed by atoms with E-state index in [1.165, 1.54) is 5.57 Å². The smallest absolute Gasteiger partial charge is 0.162 e. The van der Waals surface area contributed by atoms with E-state index in [0.29, 0.717) is 18.8 Å². The van der Waals surface area contributed by atoms with Crippen molar-refractivity contribution in [3.63, 3.8) is 0 Å². The number of Topliss-reactive ketones (excluding diaryl/α,β-unsaturated/α-hetero) is 1. The van der Waals surface area contributed by atoms with E-state index in [1.807, 2.05) is 26.8 Å². The Bertz CT molecular complexity index is 575. The molecule has 3 heteroatoms. The Balaban J connectivity index is 2.05. The van der Waals surface area contributed by atoms with Crippen molar-refractivity contribution in [1.82, 2.24) is 0 Å². The molecule has 2 fully saturated rings. The van der Waals surface area contributed by atoms with Gasteiger partial charge in [-0.3, -0.25) is 4.79 Å². The van der Waals surface area contributed by atoms with Crippen molar-refractivity contribution in [1.29, 1.82) is 0 Å². The first-order chi connectivity index (χ1) is 10.6. The van der Waals surface area contributed by atoms with Gasteiger partial charge in [0.1, 0.15) is 6.10 Å². The van der Waals surface area contributed by atoms with E-state index in [4.69, 9.17) is 0 Å². The largest absolute Gasteiger partial charge is 0.392 e. The highest BCUT2D eigenvalue weighted by atomic mass is 16.3. The van der Waals surface area contributed by atoms with Gasteiger partial charge in [-0.05, 0) is 36.5 Å². The monoisotopic (exact) mass is 318 g/mol. The molecule has 6 atom stereocenters. The van der Waals surface area contributed by atoms with Crippen LogP contribution in [0.4, 0.5) is 0 Å². The molecule has 0 spiro atoms. The van der Waals surface area contributed by atoms with Crippen molar-refractivity contribution in [2.24, 2.45) is 28.1 Å². The lowest BCUT2D eigenvalue weighted by molar-refractivity contribution is -0.164. The van der Waals surface area contributed by atoms with E-state index in [1.54, 1.807) is 0 Å². The number of hydrogen-bond donors (Lipinski definition) is 2. The molecule has 2 saturated carbocycles. The van der Waals surface area contributed by atoms with Crippen molar-refractivity contribution in [3.8, 4) is 0 Å². The summed E-state index contributed by atoms with van der Waals surface area (Å²) in [7, 11) is 0. The molecular formula is C20H30O3. The highest BCUT2D eigenvalue weighted by Crippen LogP contribution is 2.63. The molecule has 0 aromatic rings. The normalized spacial score (nSPS) is 49.0. The Labute approximate surface area is 139 Å². The molecule has 0 radical (unpaired) electrons. The van der Waals surface area contributed by atoms with Gasteiger partial charge in [0.25, 0.3) is 0 Å². The number of carbonyl (C=O) groups is 1. The van der Waals surface area contributed by atoms with Crippen LogP contribution in [0.3, 0.4) is 0 Å². The first-order valence-corrected chi connectivity index (χ1v) is 8.80. The van der Waals surface area contributed by atoms with Crippen LogP contribution >= 0.6 is 0 Å². The van der Waals surface area contributed by atoms with Gasteiger partial charge in [-0.1, -0.05) is 45.4 Å². The Morgan fingerprint density at radius 1 is 1.26 bits per heavy atom. The van der Waals surface area contributed by atoms with Crippen LogP contribution in [0.5, 0.6) is 0 Å². The standard InChI is InChI=1S/C20H30O3/c1-6-19(4)10-12-7-8-15-18(2,3)17(23)14(21)11-20(15,5)13(12)9-16(19)22/h6,10,13,15-17,22-23H,1,7-9,11H2,2-5H3/t13-,15-,16+,17-,19-,20+/m1/s1. The first-order valence-electron chi connectivity index (χ1n) is 8.80. The first kappa shape index (κ1) is 16.9. The number of hydrogen-bond acceptors (Lipinski definition) is 3. The van der Waals surface area contributed by atoms with Gasteiger partial charge >= 0.3 is 0 Å². The summed E-state index contributed by atoms with van der Waals surface area (Å²) in [6.07, 6.45) is 5.80. The third-order valence-corrected chi connectivity index (χ3v) is 7.34. The lowest BCUT2D eigenvalue weighted by Gasteiger charge is -2.60. The maximum atomic E-state index is 12.5. The molecule has 3 rings (SSSR count). The molecule has 0 saturated heterocycles. The fourth-order valence-corrected chi connectivity index (χ4v) is 5.79. The number of fused-ring (bicyclic) bond motifs is 3. The summed E-state index contributed by atoms with van der Waals surface area (Å²) in [6.45, 7) is 12.2. The Kier molecular flexibility index (Phi) is 3.70. The molecule has 0 amide bonds. The topological polar surface area (TPSA) is 57.5 Å². The zero-order valence-electron chi connectivity index (χ0n) is 14.8. The second-order valence-electron chi connectivity index (χ2n) is 9.06. The Morgan fingerprint density at radius 2 is 1.91 bits per heavy atom. The number of aliphatic hydroxyl groups is 2. The zero-order valence-corrected chi connectivity index (χ0v) is 14.8. The molecule has 0 aromatic heterocycles. The lowest BCUT2D eigenvalue weighted by Crippen LogP contribution is -2.59. The molecule has 0 aliphatic heterocycles. The van der Waals surface area contributed by atoms with Gasteiger partial charge < -0.3 is 10.2 Å². The number of carbonyl (C=O) groups excluding carboxylic acids is 1. The molecular weight excluding hydrogens is 288 g/mol. The van der Waals surface area contributed by atoms with E-state index in [-0.39, 0.29) is 22.5 Å². The number of ketones is 1. The molecule has 0 bridgehead atoms. The predicted molar refractivity (Wildman–Crippen MR) is 90.7 cm³/mol. The summed E-state index contributed by atoms with van der Waals surface area (Å²) in [6, 6.07) is 0. The van der Waals surface area contributed by atoms with Crippen LogP contribution in [0.1, 0.15) is 53.4 Å². The fraction of sp³-hybridized carbons (Fsp3) is 0.750. The quantitative estimate of drug-likeness (QED) is 0.730. The van der Waals surface area contributed by atoms with E-state index in [9.17, 15) is 15.0 Å². The predicted octanol–water partition coefficient (Wildman–Crippen LogP) is 3.26. The van der Waals surface area contributed by atoms with Crippen molar-refractivity contribution in [2.45, 2.75) is 65.6 Å². The Morgan fingerprint density at radius 3 is 2.52 bits per heavy atom. The van der Waals surface area contributed by atoms with Gasteiger partial charge in [0.15, 0.2) is 5.78 Å². The summed E-state index contributed by atoms with van der Waals surface area (Å²) < 4.78 is 0. The second-order valence-corrected chi connectivity index (χ2v) is 9.06. The summed E-state index contributed by atoms with van der Waals surface area (Å²) in [5.41, 5.74) is 0.423. The highest BCUT2D eigenvalue weighted by molar-refractivity contribution is 5.85. The molecule has 2 N–H and O–H groups in total. The Hall–Kier alpha value is -0.930. The van der Waals surface area contributed by atoms with Crippen LogP contribution in [0.15, 0.2) is 24.3 Å². The van der Waals surface area contributed by atoms with Gasteiger partial charge in [-0.2, -0.15) is 0 Å². The average molecular weight is 318 g/mol. The molecule has 128 valence electrons. The van der Waals surface area contributed by atoms with Crippen LogP contribution < -0.4 is 0 Å². The second kappa shape index (κ2) is 5.03. The molecule has 23 heavy (non-hydrogen) atoms. The molecule has 3 aliphatic carbocycles. The van der Waals surface area contributed by atoms with Gasteiger partial charge in [-0.15, -0.1) is 6.58 Å². The van der Waals surface area contributed by atoms with E-state index in [2.05, 4.69) is 19.6 Å². The minimum Gasteiger partial charge on any atom is -0.392 e. The molecule has 0 unspecified atom stereocenters. The number of allylic oxidation sites excluding steroid dienone is 1. The SMILES string of the molecule is C=C[C@]1(C)C=C2CC[C@@H]3C(C)(C)[C@H](O)C(=O)C[C@@]3(C)[C@@H]2C[C@@H]1O. The number of rotatable bonds is 1. The molecule has 3 nitrogen and oxygen atoms in total. The van der Waals surface area contributed by atoms with Crippen LogP contribution in [0.2, 0.25) is 0 Å². The van der Waals surface area contributed by atoms with E-state index >= 15 is 0 Å². The van der Waals surface area contributed by atoms with Gasteiger partial charge in [0, 0.05) is 17.3 Å². The molecule has 3 aliphatic rings. The minimum atomic E-state index is -0.863. The zero-order chi connectivity index (χ0) is 17.2. The highest BCUT2D eigenvalue weighted by Gasteiger charge is 2.60. The van der Waals surface area contributed by atoms with Crippen molar-refractivity contribution in [3.05, 3.63) is 24.3 Å². The maximum absolute atomic E-state index is 12.5. The van der Waals surface area contributed by atoms with Crippen LogP contribution in [-0.4, -0.2) is 28.2 Å². The number of aliphatic hydroxyl groups excluding tert-OH is 2. The summed E-state index contributed by atoms with van der Waals surface area (Å²) in [4.78, 5) is 12.5. The van der Waals surface area contributed by atoms with Crippen molar-refractivity contribution < 1.29 is 15.0 Å². The lowest BCUT2D eigenvalue weighted by atomic mass is 9.44. The summed E-state index contributed by atoms with van der Waals surface area (Å²) in [5, 5.41) is 21.1. The third kappa shape index (κ3) is 2.20. The van der Waals surface area contributed by atoms with Crippen molar-refractivity contribution >= 4 is 5.78 Å². The average Bonchev–Trinajstić information content (AvgIpc) is 2.47. The van der Waals surface area contributed by atoms with Crippen LogP contribution in [-0.2, 0) is 4.79 Å². The summed E-state index contributed by atoms with van der Waals surface area (Å²) >= 11 is 0. The van der Waals surface area contributed by atoms with Crippen LogP contribution in [0.25, 0.3) is 0 Å². The van der Waals surface area contributed by atoms with Crippen LogP contribution in [0, 0.1) is 28.1 Å². The maximum Gasteiger partial charge on any atom is 0.162 e. The van der Waals surface area contributed by atoms with Gasteiger partial charge in [0.05, 0.1) is 6.10 Å². The van der Waals surface area contributed by atoms with Crippen molar-refractivity contribution in [2.75, 3.05) is 0 Å². The molecule has 0 aromatic carbocycles. The van der Waals surface area contributed by atoms with Gasteiger partial charge in [0.2, 0.25) is 0 Å². The summed E-state index contributed by atoms with van der Waals surface area (Å²) in [5.74, 6) is 0.478. The third-order valence-electron chi connectivity index (χ3n) is 7.34. The van der Waals surface area contributed by atoms with E-state index < -0.39 is 17.6 Å².